The standard InChI is InChI=1S/C13H9Cl2NO/c14-10-7-4-8-11(12(10)15)16-13(17)9-5-2-1-3-6-9/h1-8H,(H,16,17). The maximum Gasteiger partial charge on any atom is 0.255 e. The van der Waals surface area contributed by atoms with Crippen molar-refractivity contribution in [3.8, 4) is 0 Å². The summed E-state index contributed by atoms with van der Waals surface area (Å²) in [6.45, 7) is 0. The van der Waals surface area contributed by atoms with Gasteiger partial charge in [0.05, 0.1) is 15.7 Å². The monoisotopic (exact) mass is 265 g/mol. The molecule has 2 aromatic rings. The molecule has 0 fully saturated rings. The van der Waals surface area contributed by atoms with Crippen LogP contribution in [0.2, 0.25) is 10.0 Å². The van der Waals surface area contributed by atoms with Gasteiger partial charge >= 0.3 is 0 Å². The van der Waals surface area contributed by atoms with Crippen LogP contribution in [0.25, 0.3) is 0 Å². The van der Waals surface area contributed by atoms with Gasteiger partial charge in [-0.2, -0.15) is 0 Å². The van der Waals surface area contributed by atoms with E-state index >= 15 is 0 Å². The first-order valence-electron chi connectivity index (χ1n) is 4.99. The second kappa shape index (κ2) is 5.21. The van der Waals surface area contributed by atoms with Crippen LogP contribution in [0.1, 0.15) is 10.4 Å². The van der Waals surface area contributed by atoms with Crippen LogP contribution in [0.5, 0.6) is 0 Å². The van der Waals surface area contributed by atoms with E-state index in [2.05, 4.69) is 5.32 Å². The van der Waals surface area contributed by atoms with Crippen LogP contribution in [0.3, 0.4) is 0 Å². The van der Waals surface area contributed by atoms with Crippen molar-refractivity contribution in [1.29, 1.82) is 0 Å². The molecule has 4 heteroatoms. The van der Waals surface area contributed by atoms with Crippen molar-refractivity contribution in [3.05, 3.63) is 64.1 Å². The Balaban J connectivity index is 2.22. The Morgan fingerprint density at radius 1 is 0.941 bits per heavy atom. The van der Waals surface area contributed by atoms with E-state index in [1.54, 1.807) is 42.5 Å². The smallest absolute Gasteiger partial charge is 0.255 e. The highest BCUT2D eigenvalue weighted by molar-refractivity contribution is 6.44. The number of nitrogens with one attached hydrogen (secondary N) is 1. The lowest BCUT2D eigenvalue weighted by atomic mass is 10.2. The molecule has 1 N–H and O–H groups in total. The Labute approximate surface area is 109 Å². The molecule has 0 unspecified atom stereocenters. The van der Waals surface area contributed by atoms with Crippen molar-refractivity contribution in [2.45, 2.75) is 0 Å². The lowest BCUT2D eigenvalue weighted by Gasteiger charge is -2.07. The van der Waals surface area contributed by atoms with Crippen molar-refractivity contribution in [3.63, 3.8) is 0 Å². The zero-order valence-corrected chi connectivity index (χ0v) is 10.3. The van der Waals surface area contributed by atoms with Crippen molar-refractivity contribution < 1.29 is 4.79 Å². The van der Waals surface area contributed by atoms with Crippen molar-refractivity contribution >= 4 is 34.8 Å². The number of carbonyl (C=O) groups is 1. The molecule has 2 rings (SSSR count). The highest BCUT2D eigenvalue weighted by atomic mass is 35.5. The van der Waals surface area contributed by atoms with Crippen LogP contribution in [-0.4, -0.2) is 5.91 Å². The van der Waals surface area contributed by atoms with Gasteiger partial charge in [0.2, 0.25) is 0 Å². The second-order valence-corrected chi connectivity index (χ2v) is 4.21. The summed E-state index contributed by atoms with van der Waals surface area (Å²) in [6.07, 6.45) is 0. The van der Waals surface area contributed by atoms with Gasteiger partial charge in [0.25, 0.3) is 5.91 Å². The number of hydrogen-bond donors (Lipinski definition) is 1. The maximum absolute atomic E-state index is 11.9. The van der Waals surface area contributed by atoms with Crippen LogP contribution in [0, 0.1) is 0 Å². The summed E-state index contributed by atoms with van der Waals surface area (Å²) in [6, 6.07) is 14.0. The van der Waals surface area contributed by atoms with Gasteiger partial charge in [-0.05, 0) is 24.3 Å². The van der Waals surface area contributed by atoms with Gasteiger partial charge in [-0.3, -0.25) is 4.79 Å². The second-order valence-electron chi connectivity index (χ2n) is 3.42. The molecule has 0 heterocycles. The molecule has 0 aliphatic carbocycles. The van der Waals surface area contributed by atoms with Crippen molar-refractivity contribution in [2.75, 3.05) is 5.32 Å². The molecule has 2 nitrogen and oxygen atoms in total. The average molecular weight is 266 g/mol. The van der Waals surface area contributed by atoms with Gasteiger partial charge in [-0.1, -0.05) is 47.5 Å². The van der Waals surface area contributed by atoms with Gasteiger partial charge in [-0.15, -0.1) is 0 Å². The van der Waals surface area contributed by atoms with E-state index in [0.717, 1.165) is 0 Å². The minimum atomic E-state index is -0.213. The first kappa shape index (κ1) is 12.0. The topological polar surface area (TPSA) is 29.1 Å². The third-order valence-electron chi connectivity index (χ3n) is 2.24. The van der Waals surface area contributed by atoms with Gasteiger partial charge in [0, 0.05) is 5.56 Å². The summed E-state index contributed by atoms with van der Waals surface area (Å²) in [5.74, 6) is -0.213. The zero-order valence-electron chi connectivity index (χ0n) is 8.78. The molecule has 2 aromatic carbocycles. The fourth-order valence-corrected chi connectivity index (χ4v) is 1.73. The fraction of sp³-hybridized carbons (Fsp3) is 0. The minimum absolute atomic E-state index is 0.213. The van der Waals surface area contributed by atoms with Crippen LogP contribution in [0.4, 0.5) is 5.69 Å². The summed E-state index contributed by atoms with van der Waals surface area (Å²) in [4.78, 5) is 11.9. The number of hydrogen-bond acceptors (Lipinski definition) is 1. The van der Waals surface area contributed by atoms with E-state index in [0.29, 0.717) is 21.3 Å². The molecule has 0 saturated carbocycles. The van der Waals surface area contributed by atoms with E-state index in [1.807, 2.05) is 6.07 Å². The normalized spacial score (nSPS) is 10.0. The lowest BCUT2D eigenvalue weighted by Crippen LogP contribution is -2.11. The molecule has 86 valence electrons. The highest BCUT2D eigenvalue weighted by Gasteiger charge is 2.09. The third kappa shape index (κ3) is 2.78. The van der Waals surface area contributed by atoms with Gasteiger partial charge < -0.3 is 5.32 Å². The Hall–Kier alpha value is -1.51. The van der Waals surface area contributed by atoms with E-state index in [9.17, 15) is 4.79 Å². The minimum Gasteiger partial charge on any atom is -0.321 e. The van der Waals surface area contributed by atoms with E-state index in [1.165, 1.54) is 0 Å². The molecular weight excluding hydrogens is 257 g/mol. The largest absolute Gasteiger partial charge is 0.321 e. The number of carbonyl (C=O) groups excluding carboxylic acids is 1. The summed E-state index contributed by atoms with van der Waals surface area (Å²) >= 11 is 11.8. The quantitative estimate of drug-likeness (QED) is 0.865. The molecule has 0 aliphatic heterocycles. The molecule has 1 amide bonds. The fourth-order valence-electron chi connectivity index (χ4n) is 1.38. The first-order valence-corrected chi connectivity index (χ1v) is 5.74. The number of benzene rings is 2. The summed E-state index contributed by atoms with van der Waals surface area (Å²) < 4.78 is 0. The molecule has 0 bridgehead atoms. The highest BCUT2D eigenvalue weighted by Crippen LogP contribution is 2.29. The summed E-state index contributed by atoms with van der Waals surface area (Å²) in [5.41, 5.74) is 1.08. The number of anilines is 1. The predicted molar refractivity (Wildman–Crippen MR) is 70.9 cm³/mol. The van der Waals surface area contributed by atoms with Crippen LogP contribution < -0.4 is 5.32 Å². The van der Waals surface area contributed by atoms with E-state index in [4.69, 9.17) is 23.2 Å². The molecule has 17 heavy (non-hydrogen) atoms. The Bertz CT molecular complexity index is 540. The Kier molecular flexibility index (Phi) is 3.67. The van der Waals surface area contributed by atoms with Crippen LogP contribution in [-0.2, 0) is 0 Å². The van der Waals surface area contributed by atoms with Crippen LogP contribution >= 0.6 is 23.2 Å². The molecule has 0 saturated heterocycles. The van der Waals surface area contributed by atoms with Gasteiger partial charge in [0.1, 0.15) is 0 Å². The molecule has 0 radical (unpaired) electrons. The van der Waals surface area contributed by atoms with Crippen molar-refractivity contribution in [2.24, 2.45) is 0 Å². The summed E-state index contributed by atoms with van der Waals surface area (Å²) in [5, 5.41) is 3.47. The van der Waals surface area contributed by atoms with Gasteiger partial charge in [0.15, 0.2) is 0 Å². The number of rotatable bonds is 2. The van der Waals surface area contributed by atoms with Gasteiger partial charge in [-0.25, -0.2) is 0 Å². The number of halogens is 2. The zero-order chi connectivity index (χ0) is 12.3. The van der Waals surface area contributed by atoms with E-state index < -0.39 is 0 Å². The maximum atomic E-state index is 11.9. The lowest BCUT2D eigenvalue weighted by molar-refractivity contribution is 0.102. The molecule has 0 spiro atoms. The first-order chi connectivity index (χ1) is 8.18. The molecule has 0 aliphatic rings. The Morgan fingerprint density at radius 2 is 1.65 bits per heavy atom. The summed E-state index contributed by atoms with van der Waals surface area (Å²) in [7, 11) is 0. The third-order valence-corrected chi connectivity index (χ3v) is 3.05. The van der Waals surface area contributed by atoms with Crippen molar-refractivity contribution in [1.82, 2.24) is 0 Å². The Morgan fingerprint density at radius 3 is 2.35 bits per heavy atom. The number of amides is 1. The molecule has 0 atom stereocenters. The van der Waals surface area contributed by atoms with E-state index in [-0.39, 0.29) is 5.91 Å². The predicted octanol–water partition coefficient (Wildman–Crippen LogP) is 4.25. The molecule has 0 aromatic heterocycles. The molecular formula is C13H9Cl2NO. The SMILES string of the molecule is O=C(Nc1cccc(Cl)c1Cl)c1ccccc1. The average Bonchev–Trinajstić information content (AvgIpc) is 2.36. The van der Waals surface area contributed by atoms with Crippen LogP contribution in [0.15, 0.2) is 48.5 Å².